The first-order chi connectivity index (χ1) is 18.5. The van der Waals surface area contributed by atoms with Gasteiger partial charge in [-0.2, -0.15) is 10.2 Å². The zero-order chi connectivity index (χ0) is 26.2. The maximum absolute atomic E-state index is 10.2. The molecule has 0 bridgehead atoms. The van der Waals surface area contributed by atoms with E-state index in [0.29, 0.717) is 24.5 Å². The minimum absolute atomic E-state index is 0.642. The highest BCUT2D eigenvalue weighted by atomic mass is 35.5. The van der Waals surface area contributed by atoms with Crippen molar-refractivity contribution < 1.29 is 5.11 Å². The second-order valence-electron chi connectivity index (χ2n) is 9.77. The highest BCUT2D eigenvalue weighted by Gasteiger charge is 2.25. The third-order valence-electron chi connectivity index (χ3n) is 7.44. The van der Waals surface area contributed by atoms with Gasteiger partial charge in [0.25, 0.3) is 0 Å². The van der Waals surface area contributed by atoms with Crippen LogP contribution >= 0.6 is 11.6 Å². The molecule has 3 heterocycles. The molecule has 1 aliphatic heterocycles. The summed E-state index contributed by atoms with van der Waals surface area (Å²) in [5.74, 6) is 0.833. The molecule has 6 rings (SSSR count). The first-order valence-corrected chi connectivity index (χ1v) is 13.2. The summed E-state index contributed by atoms with van der Waals surface area (Å²) < 4.78 is 0. The van der Waals surface area contributed by atoms with E-state index in [0.717, 1.165) is 63.0 Å². The number of H-pyrrole nitrogens is 1. The predicted molar refractivity (Wildman–Crippen MR) is 154 cm³/mol. The molecule has 192 valence electrons. The molecule has 0 aliphatic carbocycles. The van der Waals surface area contributed by atoms with Crippen molar-refractivity contribution in [3.05, 3.63) is 95.3 Å². The van der Waals surface area contributed by atoms with E-state index in [4.69, 9.17) is 21.8 Å². The Morgan fingerprint density at radius 2 is 1.82 bits per heavy atom. The van der Waals surface area contributed by atoms with Gasteiger partial charge in [-0.15, -0.1) is 5.10 Å². The fourth-order valence-corrected chi connectivity index (χ4v) is 5.65. The van der Waals surface area contributed by atoms with Gasteiger partial charge in [0.2, 0.25) is 0 Å². The second kappa shape index (κ2) is 10.2. The number of anilines is 1. The number of hydrogen-bond donors (Lipinski definition) is 2. The van der Waals surface area contributed by atoms with Crippen molar-refractivity contribution >= 4 is 39.1 Å². The number of fused-ring (bicyclic) bond motifs is 2. The zero-order valence-corrected chi connectivity index (χ0v) is 22.0. The lowest BCUT2D eigenvalue weighted by Crippen LogP contribution is -2.50. The van der Waals surface area contributed by atoms with E-state index in [-0.39, 0.29) is 0 Å². The number of aryl methyl sites for hydroxylation is 1. The Labute approximate surface area is 226 Å². The van der Waals surface area contributed by atoms with E-state index in [9.17, 15) is 5.11 Å². The number of nitrogens with one attached hydrogen (secondary N) is 1. The SMILES string of the molecule is C=CC(O)N1CCN(c2nnc(Cc3ccccc3)c3cc(Cl)c(-c4c(C)ccc5[nH]ncc45)cc23)CC1. The molecular weight excluding hydrogens is 496 g/mol. The molecular formula is C30H29ClN6O. The number of aliphatic hydroxyl groups excluding tert-OH is 1. The molecule has 2 N–H and O–H groups in total. The number of rotatable bonds is 6. The summed E-state index contributed by atoms with van der Waals surface area (Å²) in [5.41, 5.74) is 6.17. The Morgan fingerprint density at radius 3 is 2.58 bits per heavy atom. The average molecular weight is 525 g/mol. The highest BCUT2D eigenvalue weighted by molar-refractivity contribution is 6.35. The molecule has 3 aromatic carbocycles. The maximum atomic E-state index is 10.2. The lowest BCUT2D eigenvalue weighted by atomic mass is 9.94. The van der Waals surface area contributed by atoms with Crippen molar-refractivity contribution in [2.45, 2.75) is 19.6 Å². The number of hydrogen-bond acceptors (Lipinski definition) is 6. The van der Waals surface area contributed by atoms with Gasteiger partial charge in [-0.25, -0.2) is 0 Å². The Kier molecular flexibility index (Phi) is 6.57. The van der Waals surface area contributed by atoms with Gasteiger partial charge in [0.1, 0.15) is 6.23 Å². The van der Waals surface area contributed by atoms with Gasteiger partial charge >= 0.3 is 0 Å². The fourth-order valence-electron chi connectivity index (χ4n) is 5.39. The highest BCUT2D eigenvalue weighted by Crippen LogP contribution is 2.40. The van der Waals surface area contributed by atoms with Gasteiger partial charge in [0, 0.05) is 59.3 Å². The fraction of sp³-hybridized carbons (Fsp3) is 0.233. The van der Waals surface area contributed by atoms with E-state index in [2.05, 4.69) is 52.9 Å². The third-order valence-corrected chi connectivity index (χ3v) is 7.75. The van der Waals surface area contributed by atoms with Crippen molar-refractivity contribution in [2.75, 3.05) is 31.1 Å². The van der Waals surface area contributed by atoms with Crippen LogP contribution in [0.5, 0.6) is 0 Å². The van der Waals surface area contributed by atoms with E-state index < -0.39 is 6.23 Å². The van der Waals surface area contributed by atoms with Crippen molar-refractivity contribution in [2.24, 2.45) is 0 Å². The normalized spacial score (nSPS) is 15.3. The van der Waals surface area contributed by atoms with E-state index in [1.54, 1.807) is 6.08 Å². The molecule has 1 saturated heterocycles. The largest absolute Gasteiger partial charge is 0.375 e. The molecule has 1 aliphatic rings. The van der Waals surface area contributed by atoms with Gasteiger partial charge in [-0.3, -0.25) is 10.00 Å². The minimum atomic E-state index is -0.642. The summed E-state index contributed by atoms with van der Waals surface area (Å²) in [6.07, 6.45) is 3.44. The molecule has 5 aromatic rings. The van der Waals surface area contributed by atoms with Crippen LogP contribution in [0.3, 0.4) is 0 Å². The number of aromatic amines is 1. The van der Waals surface area contributed by atoms with Crippen LogP contribution in [0.4, 0.5) is 5.82 Å². The Bertz CT molecular complexity index is 1630. The molecule has 0 amide bonds. The number of nitrogens with zero attached hydrogens (tertiary/aromatic N) is 5. The molecule has 1 fully saturated rings. The number of aromatic nitrogens is 4. The van der Waals surface area contributed by atoms with Crippen LogP contribution in [0.2, 0.25) is 5.02 Å². The summed E-state index contributed by atoms with van der Waals surface area (Å²) in [6.45, 7) is 8.67. The van der Waals surface area contributed by atoms with Crippen molar-refractivity contribution in [3.8, 4) is 11.1 Å². The molecule has 0 radical (unpaired) electrons. The standard InChI is InChI=1S/C30H29ClN6O/c1-3-28(38)36-11-13-37(14-12-36)30-22-16-23(29-19(2)9-10-26-24(29)18-32-33-26)25(31)17-21(22)27(34-35-30)15-20-7-5-4-6-8-20/h3-10,16-18,28,38H,1,11-15H2,2H3,(H,32,33). The van der Waals surface area contributed by atoms with Crippen LogP contribution in [0.15, 0.2) is 73.4 Å². The van der Waals surface area contributed by atoms with Gasteiger partial charge in [-0.1, -0.05) is 54.6 Å². The predicted octanol–water partition coefficient (Wildman–Crippen LogP) is 5.35. The monoisotopic (exact) mass is 524 g/mol. The van der Waals surface area contributed by atoms with Crippen molar-refractivity contribution in [1.29, 1.82) is 0 Å². The lowest BCUT2D eigenvalue weighted by Gasteiger charge is -2.37. The van der Waals surface area contributed by atoms with Crippen LogP contribution in [0.1, 0.15) is 16.8 Å². The lowest BCUT2D eigenvalue weighted by molar-refractivity contribution is 0.0380. The van der Waals surface area contributed by atoms with Crippen LogP contribution in [-0.4, -0.2) is 62.8 Å². The zero-order valence-electron chi connectivity index (χ0n) is 21.2. The summed E-state index contributed by atoms with van der Waals surface area (Å²) in [7, 11) is 0. The smallest absolute Gasteiger partial charge is 0.159 e. The summed E-state index contributed by atoms with van der Waals surface area (Å²) in [6, 6.07) is 18.6. The van der Waals surface area contributed by atoms with Gasteiger partial charge < -0.3 is 10.0 Å². The van der Waals surface area contributed by atoms with Crippen LogP contribution in [0, 0.1) is 6.92 Å². The number of aliphatic hydroxyl groups is 1. The van der Waals surface area contributed by atoms with Gasteiger partial charge in [0.05, 0.1) is 17.4 Å². The Balaban J connectivity index is 1.50. The summed E-state index contributed by atoms with van der Waals surface area (Å²) in [5, 5.41) is 30.8. The maximum Gasteiger partial charge on any atom is 0.159 e. The quantitative estimate of drug-likeness (QED) is 0.291. The van der Waals surface area contributed by atoms with E-state index >= 15 is 0 Å². The molecule has 1 unspecified atom stereocenters. The Morgan fingerprint density at radius 1 is 1.03 bits per heavy atom. The Hall–Kier alpha value is -3.78. The van der Waals surface area contributed by atoms with Crippen molar-refractivity contribution in [3.63, 3.8) is 0 Å². The summed E-state index contributed by atoms with van der Waals surface area (Å²) in [4.78, 5) is 4.26. The van der Waals surface area contributed by atoms with Crippen LogP contribution in [0.25, 0.3) is 32.8 Å². The molecule has 1 atom stereocenters. The number of piperazine rings is 1. The third kappa shape index (κ3) is 4.43. The number of benzene rings is 3. The van der Waals surface area contributed by atoms with Crippen LogP contribution < -0.4 is 4.90 Å². The molecule has 0 spiro atoms. The first-order valence-electron chi connectivity index (χ1n) is 12.8. The molecule has 7 nitrogen and oxygen atoms in total. The molecule has 8 heteroatoms. The van der Waals surface area contributed by atoms with E-state index in [1.807, 2.05) is 41.4 Å². The van der Waals surface area contributed by atoms with Crippen molar-refractivity contribution in [1.82, 2.24) is 25.3 Å². The summed E-state index contributed by atoms with van der Waals surface area (Å²) >= 11 is 7.02. The molecule has 38 heavy (non-hydrogen) atoms. The first kappa shape index (κ1) is 24.6. The number of halogens is 1. The van der Waals surface area contributed by atoms with Gasteiger partial charge in [-0.05, 0) is 47.9 Å². The average Bonchev–Trinajstić information content (AvgIpc) is 3.42. The van der Waals surface area contributed by atoms with E-state index in [1.165, 1.54) is 5.56 Å². The molecule has 0 saturated carbocycles. The topological polar surface area (TPSA) is 81.2 Å². The molecule has 2 aromatic heterocycles. The van der Waals surface area contributed by atoms with Gasteiger partial charge in [0.15, 0.2) is 5.82 Å². The second-order valence-corrected chi connectivity index (χ2v) is 10.2. The minimum Gasteiger partial charge on any atom is -0.375 e. The van der Waals surface area contributed by atoms with Crippen LogP contribution in [-0.2, 0) is 6.42 Å².